The minimum Gasteiger partial charge on any atom is -0.395 e. The van der Waals surface area contributed by atoms with E-state index < -0.39 is 0 Å². The molecule has 5 heteroatoms. The lowest BCUT2D eigenvalue weighted by molar-refractivity contribution is 0.301. The second-order valence-electron chi connectivity index (χ2n) is 3.93. The van der Waals surface area contributed by atoms with Gasteiger partial charge in [0.15, 0.2) is 0 Å². The molecule has 0 aromatic carbocycles. The molecule has 1 aromatic rings. The van der Waals surface area contributed by atoms with Gasteiger partial charge in [-0.2, -0.15) is 0 Å². The highest BCUT2D eigenvalue weighted by molar-refractivity contribution is 7.80. The Morgan fingerprint density at radius 3 is 2.71 bits per heavy atom. The van der Waals surface area contributed by atoms with Crippen LogP contribution in [0.5, 0.6) is 0 Å². The molecule has 0 saturated heterocycles. The summed E-state index contributed by atoms with van der Waals surface area (Å²) in [5, 5.41) is 9.05. The van der Waals surface area contributed by atoms with Crippen LogP contribution < -0.4 is 10.6 Å². The molecule has 0 radical (unpaired) electrons. The van der Waals surface area contributed by atoms with Crippen LogP contribution in [0.4, 0.5) is 5.82 Å². The quantitative estimate of drug-likeness (QED) is 0.747. The van der Waals surface area contributed by atoms with Gasteiger partial charge < -0.3 is 15.7 Å². The summed E-state index contributed by atoms with van der Waals surface area (Å²) < 4.78 is 0. The van der Waals surface area contributed by atoms with Crippen LogP contribution in [-0.2, 0) is 0 Å². The number of thiocarbonyl (C=S) groups is 1. The highest BCUT2D eigenvalue weighted by Crippen LogP contribution is 2.15. The standard InChI is InChI=1S/C12H19N3OS/c1-3-4-15(5-6-16)11-8-10(12(13)17)7-9(2)14-11/h7-8,16H,3-6H2,1-2H3,(H2,13,17). The highest BCUT2D eigenvalue weighted by Gasteiger charge is 2.09. The number of aryl methyl sites for hydroxylation is 1. The van der Waals surface area contributed by atoms with Crippen molar-refractivity contribution in [1.29, 1.82) is 0 Å². The fourth-order valence-electron chi connectivity index (χ4n) is 1.69. The molecule has 0 saturated carbocycles. The maximum Gasteiger partial charge on any atom is 0.129 e. The molecule has 0 aliphatic rings. The Labute approximate surface area is 107 Å². The van der Waals surface area contributed by atoms with Crippen LogP contribution in [0.1, 0.15) is 24.6 Å². The predicted octanol–water partition coefficient (Wildman–Crippen LogP) is 1.23. The largest absolute Gasteiger partial charge is 0.395 e. The van der Waals surface area contributed by atoms with Crippen molar-refractivity contribution in [2.24, 2.45) is 5.73 Å². The molecule has 0 amide bonds. The second-order valence-corrected chi connectivity index (χ2v) is 4.37. The Morgan fingerprint density at radius 1 is 1.47 bits per heavy atom. The SMILES string of the molecule is CCCN(CCO)c1cc(C(N)=S)cc(C)n1. The van der Waals surface area contributed by atoms with E-state index in [1.165, 1.54) is 0 Å². The number of rotatable bonds is 6. The van der Waals surface area contributed by atoms with Gasteiger partial charge >= 0.3 is 0 Å². The van der Waals surface area contributed by atoms with Gasteiger partial charge in [-0.05, 0) is 25.5 Å². The summed E-state index contributed by atoms with van der Waals surface area (Å²) in [5.41, 5.74) is 7.34. The normalized spacial score (nSPS) is 10.3. The van der Waals surface area contributed by atoms with Gasteiger partial charge in [0.1, 0.15) is 10.8 Å². The highest BCUT2D eigenvalue weighted by atomic mass is 32.1. The van der Waals surface area contributed by atoms with E-state index >= 15 is 0 Å². The average molecular weight is 253 g/mol. The molecule has 3 N–H and O–H groups in total. The van der Waals surface area contributed by atoms with Crippen molar-refractivity contribution in [1.82, 2.24) is 4.98 Å². The minimum atomic E-state index is 0.109. The number of aliphatic hydroxyl groups excluding tert-OH is 1. The number of pyridine rings is 1. The molecule has 1 aromatic heterocycles. The van der Waals surface area contributed by atoms with Crippen LogP contribution in [-0.4, -0.2) is 34.8 Å². The zero-order chi connectivity index (χ0) is 12.8. The molecular weight excluding hydrogens is 234 g/mol. The van der Waals surface area contributed by atoms with Gasteiger partial charge in [-0.3, -0.25) is 0 Å². The first-order chi connectivity index (χ1) is 8.08. The minimum absolute atomic E-state index is 0.109. The molecule has 17 heavy (non-hydrogen) atoms. The topological polar surface area (TPSA) is 62.4 Å². The predicted molar refractivity (Wildman–Crippen MR) is 74.5 cm³/mol. The molecule has 1 rings (SSSR count). The summed E-state index contributed by atoms with van der Waals surface area (Å²) in [7, 11) is 0. The molecule has 4 nitrogen and oxygen atoms in total. The summed E-state index contributed by atoms with van der Waals surface area (Å²) in [4.78, 5) is 6.86. The van der Waals surface area contributed by atoms with Crippen molar-refractivity contribution < 1.29 is 5.11 Å². The summed E-state index contributed by atoms with van der Waals surface area (Å²) >= 11 is 4.98. The van der Waals surface area contributed by atoms with Crippen molar-refractivity contribution in [3.05, 3.63) is 23.4 Å². The lowest BCUT2D eigenvalue weighted by atomic mass is 10.2. The molecule has 94 valence electrons. The maximum atomic E-state index is 9.05. The monoisotopic (exact) mass is 253 g/mol. The summed E-state index contributed by atoms with van der Waals surface area (Å²) in [5.74, 6) is 0.823. The summed E-state index contributed by atoms with van der Waals surface area (Å²) in [6, 6.07) is 3.75. The third-order valence-electron chi connectivity index (χ3n) is 2.41. The number of aromatic nitrogens is 1. The first kappa shape index (κ1) is 13.9. The first-order valence-corrected chi connectivity index (χ1v) is 6.13. The third-order valence-corrected chi connectivity index (χ3v) is 2.65. The maximum absolute atomic E-state index is 9.05. The van der Waals surface area contributed by atoms with E-state index in [1.54, 1.807) is 0 Å². The van der Waals surface area contributed by atoms with Gasteiger partial charge in [-0.25, -0.2) is 4.98 Å². The Hall–Kier alpha value is -1.20. The molecule has 0 aliphatic carbocycles. The first-order valence-electron chi connectivity index (χ1n) is 5.72. The molecular formula is C12H19N3OS. The van der Waals surface area contributed by atoms with Gasteiger partial charge in [0.25, 0.3) is 0 Å². The zero-order valence-electron chi connectivity index (χ0n) is 10.3. The lowest BCUT2D eigenvalue weighted by Gasteiger charge is -2.23. The fourth-order valence-corrected chi connectivity index (χ4v) is 1.80. The van der Waals surface area contributed by atoms with E-state index in [4.69, 9.17) is 23.1 Å². The molecule has 0 spiro atoms. The van der Waals surface area contributed by atoms with E-state index in [2.05, 4.69) is 11.9 Å². The average Bonchev–Trinajstić information content (AvgIpc) is 2.28. The lowest BCUT2D eigenvalue weighted by Crippen LogP contribution is -2.29. The Bertz CT molecular complexity index is 389. The van der Waals surface area contributed by atoms with Crippen LogP contribution in [0.2, 0.25) is 0 Å². The van der Waals surface area contributed by atoms with Gasteiger partial charge in [0, 0.05) is 24.3 Å². The second kappa shape index (κ2) is 6.51. The van der Waals surface area contributed by atoms with Crippen molar-refractivity contribution in [2.75, 3.05) is 24.6 Å². The van der Waals surface area contributed by atoms with Crippen LogP contribution in [0.3, 0.4) is 0 Å². The van der Waals surface area contributed by atoms with Crippen molar-refractivity contribution in [3.8, 4) is 0 Å². The molecule has 0 bridgehead atoms. The number of nitrogens with two attached hydrogens (primary N) is 1. The van der Waals surface area contributed by atoms with Crippen molar-refractivity contribution in [2.45, 2.75) is 20.3 Å². The smallest absolute Gasteiger partial charge is 0.129 e. The molecule has 0 atom stereocenters. The molecule has 1 heterocycles. The number of hydrogen-bond donors (Lipinski definition) is 2. The van der Waals surface area contributed by atoms with E-state index in [0.717, 1.165) is 30.0 Å². The van der Waals surface area contributed by atoms with Crippen molar-refractivity contribution >= 4 is 23.0 Å². The zero-order valence-corrected chi connectivity index (χ0v) is 11.1. The van der Waals surface area contributed by atoms with Crippen LogP contribution in [0, 0.1) is 6.92 Å². The molecule has 0 unspecified atom stereocenters. The molecule has 0 fully saturated rings. The van der Waals surface area contributed by atoms with E-state index in [1.807, 2.05) is 24.0 Å². The Morgan fingerprint density at radius 2 is 2.18 bits per heavy atom. The number of hydrogen-bond acceptors (Lipinski definition) is 4. The number of nitrogens with zero attached hydrogens (tertiary/aromatic N) is 2. The van der Waals surface area contributed by atoms with Gasteiger partial charge in [-0.1, -0.05) is 19.1 Å². The van der Waals surface area contributed by atoms with Gasteiger partial charge in [0.2, 0.25) is 0 Å². The van der Waals surface area contributed by atoms with Gasteiger partial charge in [0.05, 0.1) is 6.61 Å². The van der Waals surface area contributed by atoms with E-state index in [9.17, 15) is 0 Å². The Balaban J connectivity index is 3.04. The van der Waals surface area contributed by atoms with Gasteiger partial charge in [-0.15, -0.1) is 0 Å². The van der Waals surface area contributed by atoms with Crippen LogP contribution >= 0.6 is 12.2 Å². The fraction of sp³-hybridized carbons (Fsp3) is 0.500. The van der Waals surface area contributed by atoms with Crippen LogP contribution in [0.25, 0.3) is 0 Å². The van der Waals surface area contributed by atoms with Crippen molar-refractivity contribution in [3.63, 3.8) is 0 Å². The molecule has 0 aliphatic heterocycles. The summed E-state index contributed by atoms with van der Waals surface area (Å²) in [6.07, 6.45) is 0.998. The third kappa shape index (κ3) is 3.94. The number of anilines is 1. The number of aliphatic hydroxyl groups is 1. The van der Waals surface area contributed by atoms with E-state index in [-0.39, 0.29) is 6.61 Å². The van der Waals surface area contributed by atoms with Crippen LogP contribution in [0.15, 0.2) is 12.1 Å². The van der Waals surface area contributed by atoms with E-state index in [0.29, 0.717) is 11.5 Å². The Kier molecular flexibility index (Phi) is 5.31. The summed E-state index contributed by atoms with van der Waals surface area (Å²) in [6.45, 7) is 5.54.